The van der Waals surface area contributed by atoms with Gasteiger partial charge in [-0.1, -0.05) is 6.07 Å². The van der Waals surface area contributed by atoms with Gasteiger partial charge in [-0.3, -0.25) is 9.67 Å². The highest BCUT2D eigenvalue weighted by atomic mass is 16.5. The van der Waals surface area contributed by atoms with E-state index in [2.05, 4.69) is 20.7 Å². The van der Waals surface area contributed by atoms with E-state index in [0.29, 0.717) is 30.4 Å². The van der Waals surface area contributed by atoms with Gasteiger partial charge in [0, 0.05) is 38.4 Å². The molecule has 2 N–H and O–H groups in total. The molecule has 0 aliphatic carbocycles. The minimum Gasteiger partial charge on any atom is -0.496 e. The number of ether oxygens (including phenoxy) is 2. The van der Waals surface area contributed by atoms with Crippen molar-refractivity contribution >= 4 is 11.9 Å². The van der Waals surface area contributed by atoms with Crippen molar-refractivity contribution in [2.75, 3.05) is 21.3 Å². The molecule has 2 aromatic rings. The van der Waals surface area contributed by atoms with Gasteiger partial charge in [0.25, 0.3) is 0 Å². The predicted octanol–water partition coefficient (Wildman–Crippen LogP) is 1.70. The van der Waals surface area contributed by atoms with Crippen LogP contribution in [-0.4, -0.2) is 43.0 Å². The number of carbonyl (C=O) groups is 1. The Bertz CT molecular complexity index is 842. The molecule has 0 aliphatic rings. The van der Waals surface area contributed by atoms with E-state index in [-0.39, 0.29) is 0 Å². The van der Waals surface area contributed by atoms with E-state index in [1.165, 1.54) is 14.2 Å². The Kier molecular flexibility index (Phi) is 6.81. The zero-order valence-corrected chi connectivity index (χ0v) is 16.7. The van der Waals surface area contributed by atoms with Crippen molar-refractivity contribution in [2.45, 2.75) is 26.9 Å². The van der Waals surface area contributed by atoms with Crippen molar-refractivity contribution in [1.29, 1.82) is 0 Å². The molecule has 0 saturated heterocycles. The average molecular weight is 373 g/mol. The maximum absolute atomic E-state index is 11.9. The Labute approximate surface area is 159 Å². The number of aliphatic imine (C=N–C) groups is 1. The molecule has 0 radical (unpaired) electrons. The second-order valence-corrected chi connectivity index (χ2v) is 6.08. The minimum absolute atomic E-state index is 0.392. The molecule has 8 heteroatoms. The number of esters is 1. The SMILES string of the molecule is CN=C(NCc1ccc(OC)c(C(=O)OC)c1)NCc1c(C)nn(C)c1C. The molecule has 0 spiro atoms. The minimum atomic E-state index is -0.432. The lowest BCUT2D eigenvalue weighted by Gasteiger charge is -2.13. The molecule has 1 aromatic carbocycles. The number of methoxy groups -OCH3 is 2. The number of guanidine groups is 1. The predicted molar refractivity (Wildman–Crippen MR) is 104 cm³/mol. The summed E-state index contributed by atoms with van der Waals surface area (Å²) in [6, 6.07) is 5.39. The normalized spacial score (nSPS) is 11.3. The number of rotatable bonds is 6. The summed E-state index contributed by atoms with van der Waals surface area (Å²) in [5.74, 6) is 0.711. The fourth-order valence-electron chi connectivity index (χ4n) is 2.79. The summed E-state index contributed by atoms with van der Waals surface area (Å²) >= 11 is 0. The van der Waals surface area contributed by atoms with Gasteiger partial charge < -0.3 is 20.1 Å². The van der Waals surface area contributed by atoms with E-state index in [1.54, 1.807) is 19.2 Å². The summed E-state index contributed by atoms with van der Waals surface area (Å²) in [5.41, 5.74) is 4.57. The molecule has 146 valence electrons. The van der Waals surface area contributed by atoms with E-state index in [4.69, 9.17) is 9.47 Å². The van der Waals surface area contributed by atoms with Crippen LogP contribution in [0.15, 0.2) is 23.2 Å². The van der Waals surface area contributed by atoms with Gasteiger partial charge >= 0.3 is 5.97 Å². The lowest BCUT2D eigenvalue weighted by Crippen LogP contribution is -2.36. The third kappa shape index (κ3) is 4.78. The van der Waals surface area contributed by atoms with E-state index >= 15 is 0 Å². The van der Waals surface area contributed by atoms with Gasteiger partial charge in [-0.2, -0.15) is 5.10 Å². The lowest BCUT2D eigenvalue weighted by molar-refractivity contribution is 0.0597. The number of hydrogen-bond acceptors (Lipinski definition) is 5. The van der Waals surface area contributed by atoms with Gasteiger partial charge in [0.05, 0.1) is 19.9 Å². The average Bonchev–Trinajstić information content (AvgIpc) is 2.92. The van der Waals surface area contributed by atoms with Crippen LogP contribution in [0.5, 0.6) is 5.75 Å². The van der Waals surface area contributed by atoms with E-state index in [9.17, 15) is 4.79 Å². The van der Waals surface area contributed by atoms with Gasteiger partial charge in [0.2, 0.25) is 0 Å². The highest BCUT2D eigenvalue weighted by Crippen LogP contribution is 2.20. The van der Waals surface area contributed by atoms with Gasteiger partial charge in [-0.05, 0) is 31.5 Å². The Morgan fingerprint density at radius 3 is 2.48 bits per heavy atom. The summed E-state index contributed by atoms with van der Waals surface area (Å²) in [7, 11) is 6.52. The number of nitrogens with zero attached hydrogens (tertiary/aromatic N) is 3. The standard InChI is InChI=1S/C19H27N5O3/c1-12-16(13(2)24(4)23-12)11-22-19(20-3)21-10-14-7-8-17(26-5)15(9-14)18(25)27-6/h7-9H,10-11H2,1-6H3,(H2,20,21,22). The van der Waals surface area contributed by atoms with Gasteiger partial charge in [-0.25, -0.2) is 4.79 Å². The molecule has 0 unspecified atom stereocenters. The van der Waals surface area contributed by atoms with Crippen molar-refractivity contribution in [3.8, 4) is 5.75 Å². The summed E-state index contributed by atoms with van der Waals surface area (Å²) in [6.07, 6.45) is 0. The molecule has 0 saturated carbocycles. The van der Waals surface area contributed by atoms with Crippen LogP contribution in [0.1, 0.15) is 32.9 Å². The maximum atomic E-state index is 11.9. The van der Waals surface area contributed by atoms with Crippen LogP contribution in [0.2, 0.25) is 0 Å². The summed E-state index contributed by atoms with van der Waals surface area (Å²) in [4.78, 5) is 16.1. The molecule has 0 aliphatic heterocycles. The molecular weight excluding hydrogens is 346 g/mol. The zero-order valence-electron chi connectivity index (χ0n) is 16.7. The van der Waals surface area contributed by atoms with E-state index in [1.807, 2.05) is 31.6 Å². The van der Waals surface area contributed by atoms with Gasteiger partial charge in [0.15, 0.2) is 5.96 Å². The van der Waals surface area contributed by atoms with Crippen LogP contribution in [0.3, 0.4) is 0 Å². The van der Waals surface area contributed by atoms with Crippen LogP contribution in [0.25, 0.3) is 0 Å². The van der Waals surface area contributed by atoms with E-state index < -0.39 is 5.97 Å². The molecule has 1 heterocycles. The fourth-order valence-corrected chi connectivity index (χ4v) is 2.79. The highest BCUT2D eigenvalue weighted by molar-refractivity contribution is 5.92. The molecular formula is C19H27N5O3. The Morgan fingerprint density at radius 1 is 1.22 bits per heavy atom. The lowest BCUT2D eigenvalue weighted by atomic mass is 10.1. The second kappa shape index (κ2) is 9.07. The summed E-state index contributed by atoms with van der Waals surface area (Å²) < 4.78 is 11.9. The Morgan fingerprint density at radius 2 is 1.93 bits per heavy atom. The van der Waals surface area contributed by atoms with Crippen molar-refractivity contribution in [2.24, 2.45) is 12.0 Å². The van der Waals surface area contributed by atoms with Crippen molar-refractivity contribution in [3.05, 3.63) is 46.3 Å². The van der Waals surface area contributed by atoms with Crippen LogP contribution >= 0.6 is 0 Å². The van der Waals surface area contributed by atoms with E-state index in [0.717, 1.165) is 22.5 Å². The third-order valence-corrected chi connectivity index (χ3v) is 4.44. The topological polar surface area (TPSA) is 89.8 Å². The van der Waals surface area contributed by atoms with Crippen molar-refractivity contribution in [3.63, 3.8) is 0 Å². The first-order chi connectivity index (χ1) is 12.9. The molecule has 27 heavy (non-hydrogen) atoms. The Balaban J connectivity index is 2.02. The molecule has 8 nitrogen and oxygen atoms in total. The number of carbonyl (C=O) groups excluding carboxylic acids is 1. The zero-order chi connectivity index (χ0) is 20.0. The number of nitrogens with one attached hydrogen (secondary N) is 2. The van der Waals surface area contributed by atoms with Crippen molar-refractivity contribution in [1.82, 2.24) is 20.4 Å². The Hall–Kier alpha value is -3.03. The first-order valence-electron chi connectivity index (χ1n) is 8.60. The number of aryl methyl sites for hydroxylation is 2. The van der Waals surface area contributed by atoms with Gasteiger partial charge in [0.1, 0.15) is 11.3 Å². The van der Waals surface area contributed by atoms with Crippen LogP contribution < -0.4 is 15.4 Å². The molecule has 2 rings (SSSR count). The quantitative estimate of drug-likeness (QED) is 0.455. The molecule has 0 fully saturated rings. The maximum Gasteiger partial charge on any atom is 0.341 e. The first-order valence-corrected chi connectivity index (χ1v) is 8.60. The number of aromatic nitrogens is 2. The monoisotopic (exact) mass is 373 g/mol. The number of benzene rings is 1. The fraction of sp³-hybridized carbons (Fsp3) is 0.421. The molecule has 1 aromatic heterocycles. The highest BCUT2D eigenvalue weighted by Gasteiger charge is 2.14. The molecule has 0 bridgehead atoms. The molecule has 0 atom stereocenters. The van der Waals surface area contributed by atoms with Crippen LogP contribution in [0, 0.1) is 13.8 Å². The largest absolute Gasteiger partial charge is 0.496 e. The summed E-state index contributed by atoms with van der Waals surface area (Å²) in [6.45, 7) is 5.16. The molecule has 0 amide bonds. The smallest absolute Gasteiger partial charge is 0.341 e. The first kappa shape index (κ1) is 20.3. The number of hydrogen-bond donors (Lipinski definition) is 2. The van der Waals surface area contributed by atoms with Crippen LogP contribution in [-0.2, 0) is 24.9 Å². The van der Waals surface area contributed by atoms with Crippen molar-refractivity contribution < 1.29 is 14.3 Å². The third-order valence-electron chi connectivity index (χ3n) is 4.44. The second-order valence-electron chi connectivity index (χ2n) is 6.08. The van der Waals surface area contributed by atoms with Crippen LogP contribution in [0.4, 0.5) is 0 Å². The van der Waals surface area contributed by atoms with Gasteiger partial charge in [-0.15, -0.1) is 0 Å². The summed E-state index contributed by atoms with van der Waals surface area (Å²) in [5, 5.41) is 11.0.